The average molecular weight is 275 g/mol. The summed E-state index contributed by atoms with van der Waals surface area (Å²) in [6.45, 7) is 0. The lowest BCUT2D eigenvalue weighted by Gasteiger charge is -2.09. The Morgan fingerprint density at radius 1 is 1.18 bits per heavy atom. The van der Waals surface area contributed by atoms with Gasteiger partial charge in [0.15, 0.2) is 11.6 Å². The maximum atomic E-state index is 13.7. The second kappa shape index (κ2) is 4.47. The monoisotopic (exact) mass is 274 g/mol. The highest BCUT2D eigenvalue weighted by Crippen LogP contribution is 2.35. The molecule has 88 valence electrons. The molecule has 0 spiro atoms. The fourth-order valence-corrected chi connectivity index (χ4v) is 1.83. The molecule has 0 aliphatic heterocycles. The van der Waals surface area contributed by atoms with Crippen LogP contribution in [0.5, 0.6) is 0 Å². The first-order valence-electron chi connectivity index (χ1n) is 4.55. The van der Waals surface area contributed by atoms with E-state index in [0.717, 1.165) is 6.07 Å². The van der Waals surface area contributed by atoms with Crippen LogP contribution in [0.3, 0.4) is 0 Å². The first kappa shape index (κ1) is 12.1. The predicted octanol–water partition coefficient (Wildman–Crippen LogP) is 3.92. The van der Waals surface area contributed by atoms with Crippen molar-refractivity contribution in [2.75, 3.05) is 5.73 Å². The van der Waals surface area contributed by atoms with Crippen molar-refractivity contribution in [1.29, 1.82) is 0 Å². The molecule has 17 heavy (non-hydrogen) atoms. The molecule has 0 aliphatic carbocycles. The Kier molecular flexibility index (Phi) is 3.17. The summed E-state index contributed by atoms with van der Waals surface area (Å²) in [6, 6.07) is 3.57. The molecule has 2 nitrogen and oxygen atoms in total. The molecular formula is C11H6Cl2F2N2. The zero-order valence-corrected chi connectivity index (χ0v) is 9.86. The Bertz CT molecular complexity index is 588. The minimum Gasteiger partial charge on any atom is -0.383 e. The van der Waals surface area contributed by atoms with Gasteiger partial charge in [0.1, 0.15) is 5.82 Å². The zero-order chi connectivity index (χ0) is 12.6. The molecule has 0 aliphatic rings. The van der Waals surface area contributed by atoms with Crippen molar-refractivity contribution >= 4 is 29.0 Å². The van der Waals surface area contributed by atoms with Gasteiger partial charge in [-0.25, -0.2) is 13.8 Å². The van der Waals surface area contributed by atoms with Gasteiger partial charge in [0.05, 0.1) is 10.0 Å². The highest BCUT2D eigenvalue weighted by molar-refractivity contribution is 6.34. The molecule has 1 heterocycles. The van der Waals surface area contributed by atoms with Crippen molar-refractivity contribution in [3.63, 3.8) is 0 Å². The van der Waals surface area contributed by atoms with Gasteiger partial charge in [0, 0.05) is 17.3 Å². The molecule has 0 atom stereocenters. The second-order valence-electron chi connectivity index (χ2n) is 3.30. The summed E-state index contributed by atoms with van der Waals surface area (Å²) in [4.78, 5) is 3.77. The number of aromatic nitrogens is 1. The van der Waals surface area contributed by atoms with Gasteiger partial charge in [0.25, 0.3) is 0 Å². The van der Waals surface area contributed by atoms with Gasteiger partial charge in [-0.15, -0.1) is 0 Å². The quantitative estimate of drug-likeness (QED) is 0.801. The van der Waals surface area contributed by atoms with Crippen LogP contribution in [0.4, 0.5) is 14.6 Å². The Hall–Kier alpha value is -1.39. The molecule has 2 rings (SSSR count). The summed E-state index contributed by atoms with van der Waals surface area (Å²) >= 11 is 11.6. The van der Waals surface area contributed by atoms with E-state index in [-0.39, 0.29) is 27.0 Å². The maximum absolute atomic E-state index is 13.7. The molecule has 6 heteroatoms. The lowest BCUT2D eigenvalue weighted by molar-refractivity contribution is 0.511. The van der Waals surface area contributed by atoms with Gasteiger partial charge in [-0.2, -0.15) is 0 Å². The molecule has 0 bridgehead atoms. The predicted molar refractivity (Wildman–Crippen MR) is 64.0 cm³/mol. The smallest absolute Gasteiger partial charge is 0.168 e. The third-order valence-corrected chi connectivity index (χ3v) is 2.72. The molecule has 0 fully saturated rings. The largest absolute Gasteiger partial charge is 0.383 e. The van der Waals surface area contributed by atoms with Crippen molar-refractivity contribution < 1.29 is 8.78 Å². The van der Waals surface area contributed by atoms with E-state index >= 15 is 0 Å². The van der Waals surface area contributed by atoms with Crippen molar-refractivity contribution in [1.82, 2.24) is 4.98 Å². The SMILES string of the molecule is Nc1ncc(Cl)cc1-c1c(Cl)ccc(F)c1F. The molecule has 1 aromatic heterocycles. The van der Waals surface area contributed by atoms with Crippen LogP contribution in [0, 0.1) is 11.6 Å². The normalized spacial score (nSPS) is 10.6. The van der Waals surface area contributed by atoms with Gasteiger partial charge in [-0.1, -0.05) is 23.2 Å². The summed E-state index contributed by atoms with van der Waals surface area (Å²) < 4.78 is 26.8. The number of nitrogen functional groups attached to an aromatic ring is 1. The molecule has 0 saturated heterocycles. The molecule has 1 aromatic carbocycles. The van der Waals surface area contributed by atoms with Crippen LogP contribution < -0.4 is 5.73 Å². The van der Waals surface area contributed by atoms with Crippen molar-refractivity contribution in [2.24, 2.45) is 0 Å². The molecular weight excluding hydrogens is 269 g/mol. The summed E-state index contributed by atoms with van der Waals surface area (Å²) in [5, 5.41) is 0.300. The number of rotatable bonds is 1. The van der Waals surface area contributed by atoms with E-state index in [1.807, 2.05) is 0 Å². The van der Waals surface area contributed by atoms with E-state index in [4.69, 9.17) is 28.9 Å². The Morgan fingerprint density at radius 2 is 1.88 bits per heavy atom. The summed E-state index contributed by atoms with van der Waals surface area (Å²) in [6.07, 6.45) is 1.31. The van der Waals surface area contributed by atoms with E-state index in [2.05, 4.69) is 4.98 Å². The van der Waals surface area contributed by atoms with E-state index in [1.54, 1.807) is 0 Å². The van der Waals surface area contributed by atoms with Crippen LogP contribution >= 0.6 is 23.2 Å². The highest BCUT2D eigenvalue weighted by Gasteiger charge is 2.17. The molecule has 2 aromatic rings. The zero-order valence-electron chi connectivity index (χ0n) is 8.35. The fourth-order valence-electron chi connectivity index (χ4n) is 1.42. The van der Waals surface area contributed by atoms with Crippen LogP contribution in [0.25, 0.3) is 11.1 Å². The van der Waals surface area contributed by atoms with Crippen LogP contribution in [0.15, 0.2) is 24.4 Å². The number of halogens is 4. The van der Waals surface area contributed by atoms with Crippen LogP contribution in [-0.4, -0.2) is 4.98 Å². The Labute approximate surface area is 106 Å². The van der Waals surface area contributed by atoms with Gasteiger partial charge in [-0.05, 0) is 18.2 Å². The Balaban J connectivity index is 2.76. The number of anilines is 1. The highest BCUT2D eigenvalue weighted by atomic mass is 35.5. The maximum Gasteiger partial charge on any atom is 0.168 e. The van der Waals surface area contributed by atoms with Crippen molar-refractivity contribution in [3.8, 4) is 11.1 Å². The standard InChI is InChI=1S/C11H6Cl2F2N2/c12-5-3-6(11(16)17-4-5)9-7(13)1-2-8(14)10(9)15/h1-4H,(H2,16,17). The summed E-state index contributed by atoms with van der Waals surface area (Å²) in [5.74, 6) is -2.06. The lowest BCUT2D eigenvalue weighted by Crippen LogP contribution is -1.98. The van der Waals surface area contributed by atoms with Crippen LogP contribution in [-0.2, 0) is 0 Å². The summed E-state index contributed by atoms with van der Waals surface area (Å²) in [7, 11) is 0. The average Bonchev–Trinajstić information content (AvgIpc) is 2.29. The van der Waals surface area contributed by atoms with Crippen LogP contribution in [0.2, 0.25) is 10.0 Å². The van der Waals surface area contributed by atoms with Gasteiger partial charge >= 0.3 is 0 Å². The number of pyridine rings is 1. The number of hydrogen-bond acceptors (Lipinski definition) is 2. The Morgan fingerprint density at radius 3 is 2.59 bits per heavy atom. The van der Waals surface area contributed by atoms with Crippen molar-refractivity contribution in [3.05, 3.63) is 46.1 Å². The van der Waals surface area contributed by atoms with Crippen LogP contribution in [0.1, 0.15) is 0 Å². The molecule has 2 N–H and O–H groups in total. The van der Waals surface area contributed by atoms with Gasteiger partial charge < -0.3 is 5.73 Å². The van der Waals surface area contributed by atoms with E-state index < -0.39 is 11.6 Å². The fraction of sp³-hybridized carbons (Fsp3) is 0. The van der Waals surface area contributed by atoms with E-state index in [0.29, 0.717) is 0 Å². The number of benzene rings is 1. The first-order valence-corrected chi connectivity index (χ1v) is 5.31. The molecule has 0 amide bonds. The minimum absolute atomic E-state index is 0.0285. The molecule has 0 radical (unpaired) electrons. The van der Waals surface area contributed by atoms with Crippen molar-refractivity contribution in [2.45, 2.75) is 0 Å². The number of hydrogen-bond donors (Lipinski definition) is 1. The third-order valence-electron chi connectivity index (χ3n) is 2.20. The molecule has 0 saturated carbocycles. The third kappa shape index (κ3) is 2.18. The minimum atomic E-state index is -1.08. The van der Waals surface area contributed by atoms with Gasteiger partial charge in [0.2, 0.25) is 0 Å². The molecule has 0 unspecified atom stereocenters. The number of nitrogens with two attached hydrogens (primary N) is 1. The van der Waals surface area contributed by atoms with E-state index in [9.17, 15) is 8.78 Å². The topological polar surface area (TPSA) is 38.9 Å². The van der Waals surface area contributed by atoms with E-state index in [1.165, 1.54) is 18.3 Å². The number of nitrogens with zero attached hydrogens (tertiary/aromatic N) is 1. The second-order valence-corrected chi connectivity index (χ2v) is 4.15. The van der Waals surface area contributed by atoms with Gasteiger partial charge in [-0.3, -0.25) is 0 Å². The summed E-state index contributed by atoms with van der Waals surface area (Å²) in [5.41, 5.74) is 5.62. The first-order chi connectivity index (χ1) is 8.00. The lowest BCUT2D eigenvalue weighted by atomic mass is 10.1.